The van der Waals surface area contributed by atoms with Gasteiger partial charge in [0.2, 0.25) is 0 Å². The molecule has 0 saturated carbocycles. The van der Waals surface area contributed by atoms with Gasteiger partial charge in [0.1, 0.15) is 11.9 Å². The minimum atomic E-state index is -4.68. The molecule has 0 unspecified atom stereocenters. The van der Waals surface area contributed by atoms with Crippen LogP contribution < -0.4 is 10.5 Å². The van der Waals surface area contributed by atoms with Crippen LogP contribution in [-0.2, 0) is 6.18 Å². The molecule has 1 amide bonds. The summed E-state index contributed by atoms with van der Waals surface area (Å²) in [5.41, 5.74) is 4.17. The minimum absolute atomic E-state index is 0.00323. The molecule has 1 aliphatic heterocycles. The van der Waals surface area contributed by atoms with E-state index < -0.39 is 42.4 Å². The molecule has 22 heavy (non-hydrogen) atoms. The minimum Gasteiger partial charge on any atom is -0.487 e. The number of alkyl halides is 4. The number of nitrogen functional groups attached to an aromatic ring is 1. The largest absolute Gasteiger partial charge is 0.487 e. The highest BCUT2D eigenvalue weighted by atomic mass is 19.4. The van der Waals surface area contributed by atoms with Gasteiger partial charge >= 0.3 is 12.3 Å². The number of benzene rings is 1. The van der Waals surface area contributed by atoms with Gasteiger partial charge in [0.25, 0.3) is 0 Å². The molecule has 1 fully saturated rings. The van der Waals surface area contributed by atoms with Crippen LogP contribution in [0.2, 0.25) is 0 Å². The lowest BCUT2D eigenvalue weighted by Gasteiger charge is -2.33. The molecule has 0 aromatic heterocycles. The fourth-order valence-electron chi connectivity index (χ4n) is 2.22. The van der Waals surface area contributed by atoms with Crippen molar-refractivity contribution < 1.29 is 32.2 Å². The van der Waals surface area contributed by atoms with E-state index in [1.165, 1.54) is 6.07 Å². The monoisotopic (exact) mass is 322 g/mol. The third-order valence-electron chi connectivity index (χ3n) is 3.34. The van der Waals surface area contributed by atoms with E-state index in [2.05, 4.69) is 0 Å². The highest BCUT2D eigenvalue weighted by Gasteiger charge is 2.38. The molecule has 122 valence electrons. The Labute approximate surface area is 123 Å². The number of likely N-dealkylation sites (tertiary alicyclic amines) is 1. The normalized spacial score (nSPS) is 22.5. The maximum atomic E-state index is 13.9. The van der Waals surface area contributed by atoms with E-state index in [9.17, 15) is 22.4 Å². The molecule has 3 N–H and O–H groups in total. The topological polar surface area (TPSA) is 75.8 Å². The Balaban J connectivity index is 2.16. The lowest BCUT2D eigenvalue weighted by molar-refractivity contribution is -0.139. The third kappa shape index (κ3) is 3.52. The van der Waals surface area contributed by atoms with Crippen LogP contribution in [0.4, 0.5) is 28.0 Å². The van der Waals surface area contributed by atoms with Gasteiger partial charge in [-0.3, -0.25) is 0 Å². The molecule has 2 atom stereocenters. The first-order valence-electron chi connectivity index (χ1n) is 6.44. The molecule has 1 saturated heterocycles. The number of hydrogen-bond acceptors (Lipinski definition) is 3. The summed E-state index contributed by atoms with van der Waals surface area (Å²) in [6.07, 6.45) is -8.83. The Morgan fingerprint density at radius 1 is 1.41 bits per heavy atom. The van der Waals surface area contributed by atoms with Gasteiger partial charge in [0, 0.05) is 18.7 Å². The third-order valence-corrected chi connectivity index (χ3v) is 3.34. The van der Waals surface area contributed by atoms with E-state index in [4.69, 9.17) is 15.6 Å². The number of carbonyl (C=O) groups is 1. The van der Waals surface area contributed by atoms with Crippen molar-refractivity contribution in [1.82, 2.24) is 4.90 Å². The Bertz CT molecular complexity index is 565. The predicted octanol–water partition coefficient (Wildman–Crippen LogP) is 2.76. The van der Waals surface area contributed by atoms with Crippen molar-refractivity contribution >= 4 is 11.8 Å². The summed E-state index contributed by atoms with van der Waals surface area (Å²) in [7, 11) is 0. The molecule has 1 aromatic carbocycles. The second-order valence-electron chi connectivity index (χ2n) is 4.94. The summed E-state index contributed by atoms with van der Waals surface area (Å²) in [5, 5.41) is 8.77. The van der Waals surface area contributed by atoms with Gasteiger partial charge < -0.3 is 20.5 Å². The van der Waals surface area contributed by atoms with Crippen molar-refractivity contribution in [2.24, 2.45) is 0 Å². The zero-order valence-corrected chi connectivity index (χ0v) is 11.3. The number of carboxylic acid groups (broad SMARTS) is 1. The zero-order chi connectivity index (χ0) is 16.5. The lowest BCUT2D eigenvalue weighted by atomic mass is 10.1. The van der Waals surface area contributed by atoms with Gasteiger partial charge in [-0.1, -0.05) is 0 Å². The number of piperidine rings is 1. The lowest BCUT2D eigenvalue weighted by Crippen LogP contribution is -2.48. The average Bonchev–Trinajstić information content (AvgIpc) is 2.41. The molecular formula is C13H14F4N2O3. The van der Waals surface area contributed by atoms with Crippen molar-refractivity contribution in [1.29, 1.82) is 0 Å². The standard InChI is InChI=1S/C13H14F4N2O3/c14-9-6-19(12(20)21)4-3-11(9)22-10-2-1-7(18)5-8(10)13(15,16)17/h1-2,5,9,11H,3-4,6,18H2,(H,20,21)/t9-,11-/m0/s1. The van der Waals surface area contributed by atoms with Crippen LogP contribution in [0, 0.1) is 0 Å². The van der Waals surface area contributed by atoms with Gasteiger partial charge in [-0.15, -0.1) is 0 Å². The highest BCUT2D eigenvalue weighted by molar-refractivity contribution is 5.65. The fourth-order valence-corrected chi connectivity index (χ4v) is 2.22. The van der Waals surface area contributed by atoms with Crippen molar-refractivity contribution in [3.63, 3.8) is 0 Å². The van der Waals surface area contributed by atoms with Crippen LogP contribution in [0.15, 0.2) is 18.2 Å². The Kier molecular flexibility index (Phi) is 4.34. The summed E-state index contributed by atoms with van der Waals surface area (Å²) in [6.45, 7) is -0.437. The molecule has 0 spiro atoms. The van der Waals surface area contributed by atoms with Gasteiger partial charge in [-0.2, -0.15) is 13.2 Å². The Morgan fingerprint density at radius 3 is 2.64 bits per heavy atom. The van der Waals surface area contributed by atoms with E-state index in [1.807, 2.05) is 0 Å². The summed E-state index contributed by atoms with van der Waals surface area (Å²) in [6, 6.07) is 2.98. The van der Waals surface area contributed by atoms with E-state index in [1.54, 1.807) is 0 Å². The van der Waals surface area contributed by atoms with Crippen LogP contribution in [0.25, 0.3) is 0 Å². The van der Waals surface area contributed by atoms with Gasteiger partial charge in [0.05, 0.1) is 12.1 Å². The van der Waals surface area contributed by atoms with E-state index in [-0.39, 0.29) is 18.7 Å². The molecule has 1 aliphatic rings. The predicted molar refractivity (Wildman–Crippen MR) is 69.4 cm³/mol. The number of halogens is 4. The summed E-state index contributed by atoms with van der Waals surface area (Å²) < 4.78 is 57.9. The maximum absolute atomic E-state index is 13.9. The summed E-state index contributed by atoms with van der Waals surface area (Å²) in [4.78, 5) is 11.6. The van der Waals surface area contributed by atoms with Gasteiger partial charge in [-0.05, 0) is 18.2 Å². The van der Waals surface area contributed by atoms with Crippen molar-refractivity contribution in [3.8, 4) is 5.75 Å². The van der Waals surface area contributed by atoms with Crippen molar-refractivity contribution in [2.45, 2.75) is 24.9 Å². The molecule has 1 heterocycles. The highest BCUT2D eigenvalue weighted by Crippen LogP contribution is 2.38. The number of rotatable bonds is 2. The Morgan fingerprint density at radius 2 is 2.09 bits per heavy atom. The van der Waals surface area contributed by atoms with Crippen LogP contribution in [0.1, 0.15) is 12.0 Å². The van der Waals surface area contributed by atoms with Crippen LogP contribution in [0.3, 0.4) is 0 Å². The zero-order valence-electron chi connectivity index (χ0n) is 11.3. The van der Waals surface area contributed by atoms with Crippen LogP contribution in [0.5, 0.6) is 5.75 Å². The molecule has 0 bridgehead atoms. The quantitative estimate of drug-likeness (QED) is 0.648. The van der Waals surface area contributed by atoms with Gasteiger partial charge in [0.15, 0.2) is 6.17 Å². The first-order chi connectivity index (χ1) is 10.2. The first-order valence-corrected chi connectivity index (χ1v) is 6.44. The number of nitrogens with zero attached hydrogens (tertiary/aromatic N) is 1. The Hall–Kier alpha value is -2.19. The number of amides is 1. The second kappa shape index (κ2) is 5.90. The summed E-state index contributed by atoms with van der Waals surface area (Å²) in [5.74, 6) is -0.516. The SMILES string of the molecule is Nc1ccc(O[C@H]2CCN(C(=O)O)C[C@@H]2F)c(C(F)(F)F)c1. The first kappa shape index (κ1) is 16.2. The fraction of sp³-hybridized carbons (Fsp3) is 0.462. The van der Waals surface area contributed by atoms with Crippen LogP contribution in [-0.4, -0.2) is 41.5 Å². The summed E-state index contributed by atoms with van der Waals surface area (Å²) >= 11 is 0. The smallest absolute Gasteiger partial charge is 0.420 e. The van der Waals surface area contributed by atoms with E-state index in [0.717, 1.165) is 17.0 Å². The molecule has 0 aliphatic carbocycles. The van der Waals surface area contributed by atoms with Crippen molar-refractivity contribution in [3.05, 3.63) is 23.8 Å². The number of anilines is 1. The molecule has 1 aromatic rings. The molecule has 5 nitrogen and oxygen atoms in total. The maximum Gasteiger partial charge on any atom is 0.420 e. The van der Waals surface area contributed by atoms with Crippen molar-refractivity contribution in [2.75, 3.05) is 18.8 Å². The van der Waals surface area contributed by atoms with Crippen LogP contribution >= 0.6 is 0 Å². The van der Waals surface area contributed by atoms with Gasteiger partial charge in [-0.25, -0.2) is 9.18 Å². The molecular weight excluding hydrogens is 308 g/mol. The molecule has 9 heteroatoms. The average molecular weight is 322 g/mol. The number of ether oxygens (including phenoxy) is 1. The number of nitrogens with two attached hydrogens (primary N) is 1. The molecule has 2 rings (SSSR count). The second-order valence-corrected chi connectivity index (χ2v) is 4.94. The number of hydrogen-bond donors (Lipinski definition) is 2. The molecule has 0 radical (unpaired) electrons. The van der Waals surface area contributed by atoms with E-state index in [0.29, 0.717) is 0 Å². The van der Waals surface area contributed by atoms with E-state index >= 15 is 0 Å².